The number of nitriles is 1. The van der Waals surface area contributed by atoms with Crippen LogP contribution in [-0.2, 0) is 10.5 Å². The van der Waals surface area contributed by atoms with Crippen molar-refractivity contribution in [1.82, 2.24) is 9.88 Å². The molecule has 0 radical (unpaired) electrons. The van der Waals surface area contributed by atoms with Crippen LogP contribution in [0.1, 0.15) is 11.1 Å². The molecule has 0 unspecified atom stereocenters. The molecule has 1 amide bonds. The van der Waals surface area contributed by atoms with Gasteiger partial charge in [-0.25, -0.2) is 4.98 Å². The third-order valence-corrected chi connectivity index (χ3v) is 5.45. The van der Waals surface area contributed by atoms with Crippen LogP contribution in [0.4, 0.5) is 11.5 Å². The van der Waals surface area contributed by atoms with Crippen LogP contribution in [0.3, 0.4) is 0 Å². The fourth-order valence-electron chi connectivity index (χ4n) is 2.82. The van der Waals surface area contributed by atoms with Gasteiger partial charge in [-0.05, 0) is 36.9 Å². The van der Waals surface area contributed by atoms with Gasteiger partial charge >= 0.3 is 0 Å². The third-order valence-electron chi connectivity index (χ3n) is 4.44. The van der Waals surface area contributed by atoms with E-state index in [1.807, 2.05) is 24.3 Å². The van der Waals surface area contributed by atoms with Gasteiger partial charge in [0, 0.05) is 31.9 Å². The molecule has 1 aliphatic rings. The first-order valence-corrected chi connectivity index (χ1v) is 10.1. The quantitative estimate of drug-likeness (QED) is 0.829. The standard InChI is InChI=1S/C20H23N5OS/c1-24-8-10-25(11-9-24)19-7-6-18(13-22-19)23-20(26)15-27-14-17-4-2-16(12-21)3-5-17/h2-7,13H,8-11,14-15H2,1H3,(H,23,26). The van der Waals surface area contributed by atoms with Gasteiger partial charge in [0.1, 0.15) is 5.82 Å². The number of piperazine rings is 1. The van der Waals surface area contributed by atoms with Gasteiger partial charge < -0.3 is 15.1 Å². The maximum absolute atomic E-state index is 12.1. The summed E-state index contributed by atoms with van der Waals surface area (Å²) >= 11 is 1.54. The molecule has 3 rings (SSSR count). The van der Waals surface area contributed by atoms with Crippen LogP contribution >= 0.6 is 11.8 Å². The fourth-order valence-corrected chi connectivity index (χ4v) is 3.60. The summed E-state index contributed by atoms with van der Waals surface area (Å²) in [4.78, 5) is 21.2. The highest BCUT2D eigenvalue weighted by atomic mass is 32.2. The van der Waals surface area contributed by atoms with Crippen molar-refractivity contribution in [2.75, 3.05) is 49.2 Å². The number of likely N-dealkylation sites (N-methyl/N-ethyl adjacent to an activating group) is 1. The minimum atomic E-state index is -0.0391. The molecule has 0 aliphatic carbocycles. The molecule has 0 spiro atoms. The van der Waals surface area contributed by atoms with E-state index in [2.05, 4.69) is 33.2 Å². The Hall–Kier alpha value is -2.56. The number of aromatic nitrogens is 1. The minimum absolute atomic E-state index is 0.0391. The zero-order valence-corrected chi connectivity index (χ0v) is 16.2. The van der Waals surface area contributed by atoms with Gasteiger partial charge in [-0.15, -0.1) is 11.8 Å². The zero-order chi connectivity index (χ0) is 19.1. The van der Waals surface area contributed by atoms with Crippen molar-refractivity contribution < 1.29 is 4.79 Å². The average molecular weight is 382 g/mol. The molecule has 6 nitrogen and oxygen atoms in total. The molecule has 2 aromatic rings. The third kappa shape index (κ3) is 5.71. The Morgan fingerprint density at radius 2 is 1.93 bits per heavy atom. The van der Waals surface area contributed by atoms with Crippen LogP contribution in [0.25, 0.3) is 0 Å². The first-order valence-electron chi connectivity index (χ1n) is 8.90. The highest BCUT2D eigenvalue weighted by molar-refractivity contribution is 7.99. The molecule has 1 aliphatic heterocycles. The maximum Gasteiger partial charge on any atom is 0.234 e. The highest BCUT2D eigenvalue weighted by Gasteiger charge is 2.15. The lowest BCUT2D eigenvalue weighted by atomic mass is 10.2. The summed E-state index contributed by atoms with van der Waals surface area (Å²) in [5.41, 5.74) is 2.47. The van der Waals surface area contributed by atoms with E-state index in [9.17, 15) is 4.79 Å². The summed E-state index contributed by atoms with van der Waals surface area (Å²) in [5, 5.41) is 11.7. The van der Waals surface area contributed by atoms with Crippen molar-refractivity contribution in [3.05, 3.63) is 53.7 Å². The number of anilines is 2. The predicted molar refractivity (Wildman–Crippen MR) is 110 cm³/mol. The second kappa shape index (κ2) is 9.40. The monoisotopic (exact) mass is 381 g/mol. The van der Waals surface area contributed by atoms with Gasteiger partial charge in [0.2, 0.25) is 5.91 Å². The molecular formula is C20H23N5OS. The highest BCUT2D eigenvalue weighted by Crippen LogP contribution is 2.17. The van der Waals surface area contributed by atoms with Crippen LogP contribution in [0.15, 0.2) is 42.6 Å². The topological polar surface area (TPSA) is 72.3 Å². The number of benzene rings is 1. The molecular weight excluding hydrogens is 358 g/mol. The van der Waals surface area contributed by atoms with E-state index in [4.69, 9.17) is 5.26 Å². The number of amides is 1. The normalized spacial score (nSPS) is 14.6. The number of carbonyl (C=O) groups is 1. The Labute approximate surface area is 164 Å². The number of carbonyl (C=O) groups excluding carboxylic acids is 1. The molecule has 7 heteroatoms. The zero-order valence-electron chi connectivity index (χ0n) is 15.4. The number of nitrogens with one attached hydrogen (secondary N) is 1. The number of nitrogens with zero attached hydrogens (tertiary/aromatic N) is 4. The summed E-state index contributed by atoms with van der Waals surface area (Å²) in [7, 11) is 2.13. The predicted octanol–water partition coefficient (Wildman–Crippen LogP) is 2.58. The Balaban J connectivity index is 1.43. The summed E-state index contributed by atoms with van der Waals surface area (Å²) in [6.45, 7) is 4.02. The van der Waals surface area contributed by atoms with Crippen LogP contribution in [0.5, 0.6) is 0 Å². The minimum Gasteiger partial charge on any atom is -0.354 e. The van der Waals surface area contributed by atoms with E-state index in [0.29, 0.717) is 11.3 Å². The summed E-state index contributed by atoms with van der Waals surface area (Å²) in [6, 6.07) is 13.4. The van der Waals surface area contributed by atoms with Crippen molar-refractivity contribution in [3.63, 3.8) is 0 Å². The largest absolute Gasteiger partial charge is 0.354 e. The van der Waals surface area contributed by atoms with E-state index in [-0.39, 0.29) is 5.91 Å². The van der Waals surface area contributed by atoms with Gasteiger partial charge in [0.05, 0.1) is 29.3 Å². The average Bonchev–Trinajstić information content (AvgIpc) is 2.70. The summed E-state index contributed by atoms with van der Waals surface area (Å²) in [5.74, 6) is 2.03. The second-order valence-corrected chi connectivity index (χ2v) is 7.53. The van der Waals surface area contributed by atoms with E-state index in [1.54, 1.807) is 30.1 Å². The molecule has 1 aromatic carbocycles. The van der Waals surface area contributed by atoms with Gasteiger partial charge in [0.15, 0.2) is 0 Å². The molecule has 1 fully saturated rings. The number of rotatable bonds is 6. The summed E-state index contributed by atoms with van der Waals surface area (Å²) in [6.07, 6.45) is 1.72. The Kier molecular flexibility index (Phi) is 6.69. The van der Waals surface area contributed by atoms with Gasteiger partial charge in [0.25, 0.3) is 0 Å². The van der Waals surface area contributed by atoms with E-state index in [0.717, 1.165) is 49.0 Å². The number of hydrogen-bond donors (Lipinski definition) is 1. The first-order chi connectivity index (χ1) is 13.1. The van der Waals surface area contributed by atoms with Crippen molar-refractivity contribution in [1.29, 1.82) is 5.26 Å². The maximum atomic E-state index is 12.1. The van der Waals surface area contributed by atoms with E-state index < -0.39 is 0 Å². The lowest BCUT2D eigenvalue weighted by Crippen LogP contribution is -2.44. The second-order valence-electron chi connectivity index (χ2n) is 6.55. The molecule has 0 saturated carbocycles. The van der Waals surface area contributed by atoms with Gasteiger partial charge in [-0.2, -0.15) is 5.26 Å². The molecule has 0 atom stereocenters. The molecule has 1 N–H and O–H groups in total. The van der Waals surface area contributed by atoms with Crippen LogP contribution in [-0.4, -0.2) is 54.8 Å². The van der Waals surface area contributed by atoms with Crippen LogP contribution in [0.2, 0.25) is 0 Å². The number of hydrogen-bond acceptors (Lipinski definition) is 6. The smallest absolute Gasteiger partial charge is 0.234 e. The van der Waals surface area contributed by atoms with Gasteiger partial charge in [-0.1, -0.05) is 12.1 Å². The first kappa shape index (κ1) is 19.2. The lowest BCUT2D eigenvalue weighted by Gasteiger charge is -2.33. The SMILES string of the molecule is CN1CCN(c2ccc(NC(=O)CSCc3ccc(C#N)cc3)cn2)CC1. The van der Waals surface area contributed by atoms with Crippen LogP contribution < -0.4 is 10.2 Å². The van der Waals surface area contributed by atoms with E-state index in [1.165, 1.54) is 0 Å². The number of thioether (sulfide) groups is 1. The van der Waals surface area contributed by atoms with Crippen LogP contribution in [0, 0.1) is 11.3 Å². The van der Waals surface area contributed by atoms with Gasteiger partial charge in [-0.3, -0.25) is 4.79 Å². The molecule has 1 saturated heterocycles. The molecule has 27 heavy (non-hydrogen) atoms. The molecule has 1 aromatic heterocycles. The Bertz CT molecular complexity index is 793. The Morgan fingerprint density at radius 1 is 1.19 bits per heavy atom. The van der Waals surface area contributed by atoms with Crippen molar-refractivity contribution in [2.45, 2.75) is 5.75 Å². The van der Waals surface area contributed by atoms with Crippen molar-refractivity contribution >= 4 is 29.2 Å². The Morgan fingerprint density at radius 3 is 2.56 bits per heavy atom. The summed E-state index contributed by atoms with van der Waals surface area (Å²) < 4.78 is 0. The van der Waals surface area contributed by atoms with Crippen molar-refractivity contribution in [2.24, 2.45) is 0 Å². The van der Waals surface area contributed by atoms with Crippen molar-refractivity contribution in [3.8, 4) is 6.07 Å². The number of pyridine rings is 1. The lowest BCUT2D eigenvalue weighted by molar-refractivity contribution is -0.113. The fraction of sp³-hybridized carbons (Fsp3) is 0.350. The molecule has 140 valence electrons. The molecule has 2 heterocycles. The molecule has 0 bridgehead atoms. The van der Waals surface area contributed by atoms with E-state index >= 15 is 0 Å².